The van der Waals surface area contributed by atoms with Crippen molar-refractivity contribution in [1.29, 1.82) is 0 Å². The van der Waals surface area contributed by atoms with Gasteiger partial charge >= 0.3 is 0 Å². The van der Waals surface area contributed by atoms with Crippen molar-refractivity contribution in [3.63, 3.8) is 0 Å². The first-order valence-corrected chi connectivity index (χ1v) is 8.70. The molecule has 2 aliphatic rings. The second kappa shape index (κ2) is 5.52. The molecule has 0 amide bonds. The molecule has 4 rings (SSSR count). The van der Waals surface area contributed by atoms with Crippen molar-refractivity contribution in [2.24, 2.45) is 0 Å². The summed E-state index contributed by atoms with van der Waals surface area (Å²) in [7, 11) is -3.62. The molecule has 0 radical (unpaired) electrons. The van der Waals surface area contributed by atoms with Crippen LogP contribution < -0.4 is 9.46 Å². The maximum atomic E-state index is 12.4. The Morgan fingerprint density at radius 2 is 2.13 bits per heavy atom. The lowest BCUT2D eigenvalue weighted by atomic mass is 10.2. The Bertz CT molecular complexity index is 814. The molecule has 0 bridgehead atoms. The van der Waals surface area contributed by atoms with Gasteiger partial charge in [-0.25, -0.2) is 28.1 Å². The lowest BCUT2D eigenvalue weighted by Gasteiger charge is -2.16. The molecule has 0 saturated carbocycles. The summed E-state index contributed by atoms with van der Waals surface area (Å²) in [6, 6.07) is 2.79. The van der Waals surface area contributed by atoms with Gasteiger partial charge < -0.3 is 4.74 Å². The molecule has 120 valence electrons. The average Bonchev–Trinajstić information content (AvgIpc) is 2.84. The SMILES string of the molecule is O=S1(=O)N[C@@H]2CN(Cc3cncnc3)C[C@@H]2Oc2ncccc21. The van der Waals surface area contributed by atoms with Gasteiger partial charge in [-0.15, -0.1) is 0 Å². The predicted molar refractivity (Wildman–Crippen MR) is 80.1 cm³/mol. The summed E-state index contributed by atoms with van der Waals surface area (Å²) in [5.74, 6) is 0.164. The van der Waals surface area contributed by atoms with Gasteiger partial charge in [-0.05, 0) is 12.1 Å². The molecular formula is C14H15N5O3S. The molecule has 1 N–H and O–H groups in total. The Morgan fingerprint density at radius 1 is 1.30 bits per heavy atom. The number of ether oxygens (including phenoxy) is 1. The number of aromatic nitrogens is 3. The van der Waals surface area contributed by atoms with Gasteiger partial charge in [-0.2, -0.15) is 0 Å². The fourth-order valence-corrected chi connectivity index (χ4v) is 4.30. The van der Waals surface area contributed by atoms with Crippen LogP contribution in [0.1, 0.15) is 5.56 Å². The van der Waals surface area contributed by atoms with E-state index in [-0.39, 0.29) is 22.9 Å². The van der Waals surface area contributed by atoms with Crippen molar-refractivity contribution in [3.05, 3.63) is 42.6 Å². The van der Waals surface area contributed by atoms with Crippen LogP contribution in [0.2, 0.25) is 0 Å². The number of pyridine rings is 1. The minimum absolute atomic E-state index is 0.0948. The van der Waals surface area contributed by atoms with E-state index in [9.17, 15) is 8.42 Å². The zero-order chi connectivity index (χ0) is 15.9. The van der Waals surface area contributed by atoms with E-state index in [4.69, 9.17) is 4.74 Å². The number of likely N-dealkylation sites (tertiary alicyclic amines) is 1. The van der Waals surface area contributed by atoms with Crippen molar-refractivity contribution >= 4 is 10.0 Å². The molecule has 0 aromatic carbocycles. The molecular weight excluding hydrogens is 318 g/mol. The van der Waals surface area contributed by atoms with E-state index in [0.717, 1.165) is 5.56 Å². The summed E-state index contributed by atoms with van der Waals surface area (Å²) in [6.07, 6.45) is 6.25. The molecule has 0 aliphatic carbocycles. The number of rotatable bonds is 2. The van der Waals surface area contributed by atoms with Crippen LogP contribution in [0.15, 0.2) is 41.9 Å². The molecule has 0 spiro atoms. The van der Waals surface area contributed by atoms with Crippen LogP contribution in [-0.2, 0) is 16.6 Å². The van der Waals surface area contributed by atoms with E-state index in [0.29, 0.717) is 19.6 Å². The predicted octanol–water partition coefficient (Wildman–Crippen LogP) is -0.205. The highest BCUT2D eigenvalue weighted by molar-refractivity contribution is 7.89. The summed E-state index contributed by atoms with van der Waals surface area (Å²) >= 11 is 0. The van der Waals surface area contributed by atoms with Crippen LogP contribution >= 0.6 is 0 Å². The number of nitrogens with zero attached hydrogens (tertiary/aromatic N) is 4. The normalized spacial score (nSPS) is 25.9. The third kappa shape index (κ3) is 2.78. The number of fused-ring (bicyclic) bond motifs is 2. The summed E-state index contributed by atoms with van der Waals surface area (Å²) in [5.41, 5.74) is 0.977. The van der Waals surface area contributed by atoms with Crippen molar-refractivity contribution in [3.8, 4) is 5.88 Å². The van der Waals surface area contributed by atoms with Gasteiger partial charge in [0, 0.05) is 43.8 Å². The highest BCUT2D eigenvalue weighted by Crippen LogP contribution is 2.29. The lowest BCUT2D eigenvalue weighted by Crippen LogP contribution is -2.42. The van der Waals surface area contributed by atoms with E-state index in [1.807, 2.05) is 0 Å². The summed E-state index contributed by atoms with van der Waals surface area (Å²) in [4.78, 5) is 14.3. The molecule has 8 nitrogen and oxygen atoms in total. The van der Waals surface area contributed by atoms with E-state index < -0.39 is 10.0 Å². The van der Waals surface area contributed by atoms with E-state index in [2.05, 4.69) is 24.6 Å². The Balaban J connectivity index is 1.57. The van der Waals surface area contributed by atoms with E-state index in [1.165, 1.54) is 18.6 Å². The van der Waals surface area contributed by atoms with Gasteiger partial charge in [0.05, 0.1) is 6.04 Å². The largest absolute Gasteiger partial charge is 0.470 e. The zero-order valence-corrected chi connectivity index (χ0v) is 13.0. The summed E-state index contributed by atoms with van der Waals surface area (Å²) in [5, 5.41) is 0. The van der Waals surface area contributed by atoms with Gasteiger partial charge in [0.2, 0.25) is 15.9 Å². The zero-order valence-electron chi connectivity index (χ0n) is 12.2. The van der Waals surface area contributed by atoms with Gasteiger partial charge in [0.25, 0.3) is 0 Å². The molecule has 1 fully saturated rings. The van der Waals surface area contributed by atoms with Crippen LogP contribution in [0.25, 0.3) is 0 Å². The molecule has 2 aromatic rings. The fraction of sp³-hybridized carbons (Fsp3) is 0.357. The van der Waals surface area contributed by atoms with Crippen molar-refractivity contribution in [1.82, 2.24) is 24.6 Å². The molecule has 2 aromatic heterocycles. The van der Waals surface area contributed by atoms with Crippen LogP contribution in [0.5, 0.6) is 5.88 Å². The van der Waals surface area contributed by atoms with E-state index in [1.54, 1.807) is 18.5 Å². The number of hydrogen-bond donors (Lipinski definition) is 1. The summed E-state index contributed by atoms with van der Waals surface area (Å²) in [6.45, 7) is 1.82. The van der Waals surface area contributed by atoms with Crippen LogP contribution in [0, 0.1) is 0 Å². The van der Waals surface area contributed by atoms with Crippen LogP contribution in [0.4, 0.5) is 0 Å². The quantitative estimate of drug-likeness (QED) is 0.812. The fourth-order valence-electron chi connectivity index (χ4n) is 2.96. The summed E-state index contributed by atoms with van der Waals surface area (Å²) < 4.78 is 33.4. The molecule has 2 aliphatic heterocycles. The maximum absolute atomic E-state index is 12.4. The van der Waals surface area contributed by atoms with Crippen LogP contribution in [-0.4, -0.2) is 53.5 Å². The Morgan fingerprint density at radius 3 is 2.96 bits per heavy atom. The Kier molecular flexibility index (Phi) is 3.47. The monoisotopic (exact) mass is 333 g/mol. The van der Waals surface area contributed by atoms with Gasteiger partial charge in [-0.1, -0.05) is 0 Å². The minimum Gasteiger partial charge on any atom is -0.470 e. The topological polar surface area (TPSA) is 97.3 Å². The van der Waals surface area contributed by atoms with E-state index >= 15 is 0 Å². The minimum atomic E-state index is -3.62. The first-order chi connectivity index (χ1) is 11.1. The standard InChI is InChI=1S/C14H15N5O3S/c20-23(21)13-2-1-3-17-14(13)22-12-8-19(7-11(12)18-23)6-10-4-15-9-16-5-10/h1-5,9,11-12,18H,6-8H2/t11-,12+/m1/s1. The van der Waals surface area contributed by atoms with Crippen LogP contribution in [0.3, 0.4) is 0 Å². The number of sulfonamides is 1. The highest BCUT2D eigenvalue weighted by Gasteiger charge is 2.41. The molecule has 4 heterocycles. The van der Waals surface area contributed by atoms with Gasteiger partial charge in [0.1, 0.15) is 17.3 Å². The first kappa shape index (κ1) is 14.5. The smallest absolute Gasteiger partial charge is 0.246 e. The van der Waals surface area contributed by atoms with Crippen molar-refractivity contribution < 1.29 is 13.2 Å². The number of hydrogen-bond acceptors (Lipinski definition) is 7. The average molecular weight is 333 g/mol. The number of nitrogens with one attached hydrogen (secondary N) is 1. The Hall–Kier alpha value is -2.10. The van der Waals surface area contributed by atoms with Gasteiger partial charge in [-0.3, -0.25) is 4.90 Å². The third-order valence-electron chi connectivity index (χ3n) is 3.96. The Labute approximate surface area is 133 Å². The van der Waals surface area contributed by atoms with Crippen molar-refractivity contribution in [2.75, 3.05) is 13.1 Å². The second-order valence-electron chi connectivity index (χ2n) is 5.63. The lowest BCUT2D eigenvalue weighted by molar-refractivity contribution is 0.176. The molecule has 23 heavy (non-hydrogen) atoms. The highest BCUT2D eigenvalue weighted by atomic mass is 32.2. The van der Waals surface area contributed by atoms with Gasteiger partial charge in [0.15, 0.2) is 0 Å². The third-order valence-corrected chi connectivity index (χ3v) is 5.46. The molecule has 9 heteroatoms. The van der Waals surface area contributed by atoms with Crippen molar-refractivity contribution in [2.45, 2.75) is 23.6 Å². The molecule has 1 saturated heterocycles. The first-order valence-electron chi connectivity index (χ1n) is 7.22. The second-order valence-corrected chi connectivity index (χ2v) is 7.31. The maximum Gasteiger partial charge on any atom is 0.246 e. The molecule has 2 atom stereocenters. The molecule has 0 unspecified atom stereocenters.